The lowest BCUT2D eigenvalue weighted by Gasteiger charge is -2.36. The maximum absolute atomic E-state index is 13.3. The van der Waals surface area contributed by atoms with Gasteiger partial charge in [-0.25, -0.2) is 4.79 Å². The average Bonchev–Trinajstić information content (AvgIpc) is 2.78. The van der Waals surface area contributed by atoms with Gasteiger partial charge in [-0.15, -0.1) is 0 Å². The Hall–Kier alpha value is -2.64. The summed E-state index contributed by atoms with van der Waals surface area (Å²) >= 11 is 7.83. The largest absolute Gasteiger partial charge is 0.506 e. The Bertz CT molecular complexity index is 1190. The number of amides is 1. The van der Waals surface area contributed by atoms with E-state index < -0.39 is 5.63 Å². The van der Waals surface area contributed by atoms with E-state index in [0.717, 1.165) is 22.8 Å². The van der Waals surface area contributed by atoms with E-state index >= 15 is 0 Å². The first kappa shape index (κ1) is 21.6. The summed E-state index contributed by atoms with van der Waals surface area (Å²) in [6.45, 7) is 2.38. The number of methoxy groups -OCH3 is 1. The van der Waals surface area contributed by atoms with Crippen molar-refractivity contribution in [3.8, 4) is 11.5 Å². The Kier molecular flexibility index (Phi) is 6.16. The molecule has 3 aromatic rings. The lowest BCUT2D eigenvalue weighted by molar-refractivity contribution is -0.132. The number of halogens is 1. The number of aryl methyl sites for hydroxylation is 1. The molecule has 1 aromatic heterocycles. The number of phenolic OH excluding ortho intramolecular Hbond substituents is 1. The van der Waals surface area contributed by atoms with Crippen LogP contribution in [0.1, 0.15) is 22.7 Å². The predicted octanol–water partition coefficient (Wildman–Crippen LogP) is 4.33. The number of carbonyl (C=O) groups excluding carboxylic acids is 1. The summed E-state index contributed by atoms with van der Waals surface area (Å²) in [7, 11) is 1.62. The summed E-state index contributed by atoms with van der Waals surface area (Å²) in [5, 5.41) is 10.6. The highest BCUT2D eigenvalue weighted by Gasteiger charge is 2.29. The Balaban J connectivity index is 1.65. The Labute approximate surface area is 188 Å². The van der Waals surface area contributed by atoms with Crippen LogP contribution >= 0.6 is 23.4 Å². The summed E-state index contributed by atoms with van der Waals surface area (Å²) < 4.78 is 10.6. The molecule has 0 aliphatic carbocycles. The highest BCUT2D eigenvalue weighted by atomic mass is 35.5. The fourth-order valence-electron chi connectivity index (χ4n) is 3.86. The van der Waals surface area contributed by atoms with Gasteiger partial charge >= 0.3 is 5.63 Å². The van der Waals surface area contributed by atoms with Crippen LogP contribution in [0.5, 0.6) is 11.5 Å². The van der Waals surface area contributed by atoms with Crippen LogP contribution in [0.3, 0.4) is 0 Å². The molecule has 1 aliphatic heterocycles. The van der Waals surface area contributed by atoms with Crippen molar-refractivity contribution in [2.75, 3.05) is 25.2 Å². The molecule has 162 valence electrons. The third-order valence-electron chi connectivity index (χ3n) is 5.63. The van der Waals surface area contributed by atoms with Crippen molar-refractivity contribution < 1.29 is 19.1 Å². The van der Waals surface area contributed by atoms with E-state index in [1.54, 1.807) is 31.9 Å². The van der Waals surface area contributed by atoms with Gasteiger partial charge in [-0.05, 0) is 36.2 Å². The average molecular weight is 460 g/mol. The van der Waals surface area contributed by atoms with Crippen LogP contribution in [0.25, 0.3) is 11.0 Å². The van der Waals surface area contributed by atoms with Crippen molar-refractivity contribution in [1.29, 1.82) is 0 Å². The molecule has 4 rings (SSSR count). The van der Waals surface area contributed by atoms with Crippen LogP contribution in [-0.2, 0) is 11.2 Å². The number of thioether (sulfide) groups is 1. The van der Waals surface area contributed by atoms with Crippen molar-refractivity contribution in [2.45, 2.75) is 19.4 Å². The molecule has 6 nitrogen and oxygen atoms in total. The zero-order valence-corrected chi connectivity index (χ0v) is 18.8. The highest BCUT2D eigenvalue weighted by Crippen LogP contribution is 2.33. The Morgan fingerprint density at radius 1 is 1.32 bits per heavy atom. The summed E-state index contributed by atoms with van der Waals surface area (Å²) in [6.07, 6.45) is -0.0556. The minimum atomic E-state index is -0.576. The normalized spacial score (nSPS) is 16.5. The number of nitrogens with zero attached hydrogens (tertiary/aromatic N) is 1. The SMILES string of the molecule is COc1ccc([C@@H]2CSCCN2C(=O)Cc2c(C)c3cc(Cl)c(O)cc3oc2=O)cc1. The van der Waals surface area contributed by atoms with Gasteiger partial charge in [0.1, 0.15) is 17.1 Å². The molecule has 1 N–H and O–H groups in total. The summed E-state index contributed by atoms with van der Waals surface area (Å²) in [5.74, 6) is 2.12. The second-order valence-corrected chi connectivity index (χ2v) is 8.98. The molecule has 0 spiro atoms. The second-order valence-electron chi connectivity index (χ2n) is 7.42. The summed E-state index contributed by atoms with van der Waals surface area (Å²) in [5.41, 5.74) is 1.64. The molecule has 31 heavy (non-hydrogen) atoms. The van der Waals surface area contributed by atoms with E-state index in [1.807, 2.05) is 29.2 Å². The first-order chi connectivity index (χ1) is 14.9. The topological polar surface area (TPSA) is 80.0 Å². The molecule has 2 heterocycles. The molecule has 1 fully saturated rings. The molecular formula is C23H22ClNO5S. The van der Waals surface area contributed by atoms with Crippen LogP contribution in [0.2, 0.25) is 5.02 Å². The molecule has 0 radical (unpaired) electrons. The number of aromatic hydroxyl groups is 1. The lowest BCUT2D eigenvalue weighted by atomic mass is 10.0. The number of rotatable bonds is 4. The van der Waals surface area contributed by atoms with Crippen LogP contribution in [0.4, 0.5) is 0 Å². The minimum absolute atomic E-state index is 0.0556. The second kappa shape index (κ2) is 8.85. The predicted molar refractivity (Wildman–Crippen MR) is 122 cm³/mol. The summed E-state index contributed by atoms with van der Waals surface area (Å²) in [6, 6.07) is 10.5. The van der Waals surface area contributed by atoms with Gasteiger partial charge in [0.2, 0.25) is 5.91 Å². The number of phenols is 1. The van der Waals surface area contributed by atoms with E-state index in [1.165, 1.54) is 6.07 Å². The van der Waals surface area contributed by atoms with Crippen molar-refractivity contribution in [3.63, 3.8) is 0 Å². The maximum atomic E-state index is 13.3. The van der Waals surface area contributed by atoms with Crippen molar-refractivity contribution in [1.82, 2.24) is 4.90 Å². The Morgan fingerprint density at radius 2 is 2.06 bits per heavy atom. The number of hydrogen-bond acceptors (Lipinski definition) is 6. The zero-order chi connectivity index (χ0) is 22.1. The van der Waals surface area contributed by atoms with E-state index in [2.05, 4.69) is 0 Å². The third-order valence-corrected chi connectivity index (χ3v) is 6.96. The number of fused-ring (bicyclic) bond motifs is 1. The van der Waals surface area contributed by atoms with Gasteiger partial charge < -0.3 is 19.2 Å². The van der Waals surface area contributed by atoms with Gasteiger partial charge in [0.15, 0.2) is 0 Å². The molecule has 0 bridgehead atoms. The third kappa shape index (κ3) is 4.25. The smallest absolute Gasteiger partial charge is 0.340 e. The van der Waals surface area contributed by atoms with Crippen molar-refractivity contribution >= 4 is 40.2 Å². The fourth-order valence-corrected chi connectivity index (χ4v) is 5.11. The summed E-state index contributed by atoms with van der Waals surface area (Å²) in [4.78, 5) is 27.7. The van der Waals surface area contributed by atoms with Crippen LogP contribution in [0, 0.1) is 6.92 Å². The van der Waals surface area contributed by atoms with Crippen LogP contribution in [-0.4, -0.2) is 41.1 Å². The molecule has 0 saturated carbocycles. The molecule has 1 saturated heterocycles. The molecule has 2 aromatic carbocycles. The van der Waals surface area contributed by atoms with Crippen LogP contribution < -0.4 is 10.4 Å². The first-order valence-electron chi connectivity index (χ1n) is 9.85. The number of carbonyl (C=O) groups is 1. The quantitative estimate of drug-likeness (QED) is 0.585. The van der Waals surface area contributed by atoms with E-state index in [0.29, 0.717) is 23.1 Å². The molecule has 1 amide bonds. The van der Waals surface area contributed by atoms with Crippen molar-refractivity contribution in [3.05, 3.63) is 68.5 Å². The van der Waals surface area contributed by atoms with Gasteiger partial charge in [0.25, 0.3) is 0 Å². The zero-order valence-electron chi connectivity index (χ0n) is 17.2. The van der Waals surface area contributed by atoms with Gasteiger partial charge in [0.05, 0.1) is 30.2 Å². The fraction of sp³-hybridized carbons (Fsp3) is 0.304. The van der Waals surface area contributed by atoms with Gasteiger partial charge in [0, 0.05) is 29.5 Å². The molecule has 8 heteroatoms. The lowest BCUT2D eigenvalue weighted by Crippen LogP contribution is -2.42. The Morgan fingerprint density at radius 3 is 2.77 bits per heavy atom. The molecule has 1 atom stereocenters. The maximum Gasteiger partial charge on any atom is 0.340 e. The number of hydrogen-bond donors (Lipinski definition) is 1. The molecular weight excluding hydrogens is 438 g/mol. The standard InChI is InChI=1S/C23H22ClNO5S/c1-13-16-9-18(24)20(26)11-21(16)30-23(28)17(13)10-22(27)25-7-8-31-12-19(25)14-3-5-15(29-2)6-4-14/h3-6,9,11,19,26H,7-8,10,12H2,1-2H3/t19-/m0/s1. The van der Waals surface area contributed by atoms with E-state index in [-0.39, 0.29) is 34.7 Å². The van der Waals surface area contributed by atoms with E-state index in [4.69, 9.17) is 20.8 Å². The molecule has 1 aliphatic rings. The monoisotopic (exact) mass is 459 g/mol. The number of benzene rings is 2. The highest BCUT2D eigenvalue weighted by molar-refractivity contribution is 7.99. The minimum Gasteiger partial charge on any atom is -0.506 e. The van der Waals surface area contributed by atoms with Gasteiger partial charge in [-0.1, -0.05) is 23.7 Å². The van der Waals surface area contributed by atoms with Crippen LogP contribution in [0.15, 0.2) is 45.6 Å². The van der Waals surface area contributed by atoms with E-state index in [9.17, 15) is 14.7 Å². The van der Waals surface area contributed by atoms with Gasteiger partial charge in [-0.3, -0.25) is 4.79 Å². The first-order valence-corrected chi connectivity index (χ1v) is 11.4. The number of ether oxygens (including phenoxy) is 1. The van der Waals surface area contributed by atoms with Crippen molar-refractivity contribution in [2.24, 2.45) is 0 Å². The van der Waals surface area contributed by atoms with Gasteiger partial charge in [-0.2, -0.15) is 11.8 Å². The molecule has 0 unspecified atom stereocenters.